The maximum absolute atomic E-state index is 13.1. The average Bonchev–Trinajstić information content (AvgIpc) is 2.51. The first-order valence-electron chi connectivity index (χ1n) is 6.54. The van der Waals surface area contributed by atoms with Crippen LogP contribution in [0.2, 0.25) is 5.02 Å². The molecule has 1 amide bonds. The van der Waals surface area contributed by atoms with E-state index < -0.39 is 5.82 Å². The zero-order chi connectivity index (χ0) is 15.9. The third-order valence-electron chi connectivity index (χ3n) is 2.85. The second kappa shape index (κ2) is 8.06. The fraction of sp³-hybridized carbons (Fsp3) is 0.188. The van der Waals surface area contributed by atoms with Crippen molar-refractivity contribution in [1.82, 2.24) is 0 Å². The van der Waals surface area contributed by atoms with Crippen molar-refractivity contribution in [2.45, 2.75) is 5.75 Å². The molecule has 0 saturated carbocycles. The van der Waals surface area contributed by atoms with Crippen LogP contribution >= 0.6 is 23.4 Å². The van der Waals surface area contributed by atoms with Crippen molar-refractivity contribution in [2.75, 3.05) is 18.2 Å². The van der Waals surface area contributed by atoms with Gasteiger partial charge in [0, 0.05) is 16.8 Å². The van der Waals surface area contributed by atoms with Crippen molar-refractivity contribution in [1.29, 1.82) is 0 Å². The number of thioether (sulfide) groups is 1. The molecule has 2 aromatic carbocycles. The largest absolute Gasteiger partial charge is 0.494 e. The molecule has 0 heterocycles. The number of methoxy groups -OCH3 is 1. The van der Waals surface area contributed by atoms with Gasteiger partial charge in [0.15, 0.2) is 0 Å². The van der Waals surface area contributed by atoms with Gasteiger partial charge in [-0.25, -0.2) is 4.39 Å². The monoisotopic (exact) mass is 339 g/mol. The van der Waals surface area contributed by atoms with E-state index in [1.54, 1.807) is 0 Å². The molecule has 0 aliphatic rings. The summed E-state index contributed by atoms with van der Waals surface area (Å²) in [4.78, 5) is 11.9. The normalized spacial score (nSPS) is 10.3. The van der Waals surface area contributed by atoms with Crippen LogP contribution in [0.1, 0.15) is 5.56 Å². The van der Waals surface area contributed by atoms with Crippen molar-refractivity contribution < 1.29 is 13.9 Å². The molecule has 0 unspecified atom stereocenters. The van der Waals surface area contributed by atoms with Gasteiger partial charge in [-0.05, 0) is 29.8 Å². The van der Waals surface area contributed by atoms with E-state index in [1.165, 1.54) is 37.1 Å². The van der Waals surface area contributed by atoms with Crippen molar-refractivity contribution in [3.63, 3.8) is 0 Å². The maximum Gasteiger partial charge on any atom is 0.234 e. The fourth-order valence-electron chi connectivity index (χ4n) is 1.80. The summed E-state index contributed by atoms with van der Waals surface area (Å²) < 4.78 is 18.1. The van der Waals surface area contributed by atoms with Crippen LogP contribution in [-0.2, 0) is 10.5 Å². The Kier molecular flexibility index (Phi) is 6.10. The maximum atomic E-state index is 13.1. The standard InChI is InChI=1S/C16H15ClFNO2S/c1-21-15-8-13(18)6-7-14(15)19-16(20)10-22-9-11-2-4-12(17)5-3-11/h2-8H,9-10H2,1H3,(H,19,20). The van der Waals surface area contributed by atoms with E-state index in [0.29, 0.717) is 28.0 Å². The van der Waals surface area contributed by atoms with Gasteiger partial charge in [0.05, 0.1) is 18.6 Å². The smallest absolute Gasteiger partial charge is 0.234 e. The molecule has 2 aromatic rings. The number of anilines is 1. The summed E-state index contributed by atoms with van der Waals surface area (Å²) in [5.74, 6) is 0.737. The topological polar surface area (TPSA) is 38.3 Å². The summed E-state index contributed by atoms with van der Waals surface area (Å²) in [6.45, 7) is 0. The van der Waals surface area contributed by atoms with Gasteiger partial charge in [0.2, 0.25) is 5.91 Å². The molecule has 0 aliphatic heterocycles. The second-order valence-electron chi connectivity index (χ2n) is 4.51. The molecule has 0 aliphatic carbocycles. The number of carbonyl (C=O) groups excluding carboxylic acids is 1. The summed E-state index contributed by atoms with van der Waals surface area (Å²) in [6, 6.07) is 11.5. The molecule has 0 atom stereocenters. The van der Waals surface area contributed by atoms with Crippen LogP contribution in [0.5, 0.6) is 5.75 Å². The lowest BCUT2D eigenvalue weighted by Crippen LogP contribution is -2.15. The van der Waals surface area contributed by atoms with Crippen molar-refractivity contribution >= 4 is 35.0 Å². The highest BCUT2D eigenvalue weighted by molar-refractivity contribution is 7.99. The highest BCUT2D eigenvalue weighted by atomic mass is 35.5. The van der Waals surface area contributed by atoms with Crippen LogP contribution in [0.3, 0.4) is 0 Å². The number of nitrogens with one attached hydrogen (secondary N) is 1. The zero-order valence-electron chi connectivity index (χ0n) is 11.9. The number of hydrogen-bond donors (Lipinski definition) is 1. The van der Waals surface area contributed by atoms with E-state index >= 15 is 0 Å². The number of rotatable bonds is 6. The highest BCUT2D eigenvalue weighted by Crippen LogP contribution is 2.25. The lowest BCUT2D eigenvalue weighted by molar-refractivity contribution is -0.113. The Morgan fingerprint density at radius 1 is 1.27 bits per heavy atom. The van der Waals surface area contributed by atoms with E-state index in [4.69, 9.17) is 16.3 Å². The number of amides is 1. The number of carbonyl (C=O) groups is 1. The van der Waals surface area contributed by atoms with Crippen molar-refractivity contribution in [2.24, 2.45) is 0 Å². The molecule has 116 valence electrons. The Hall–Kier alpha value is -1.72. The minimum absolute atomic E-state index is 0.163. The predicted octanol–water partition coefficient (Wildman–Crippen LogP) is 4.36. The molecule has 0 saturated heterocycles. The molecular formula is C16H15ClFNO2S. The van der Waals surface area contributed by atoms with Gasteiger partial charge in [-0.2, -0.15) is 0 Å². The van der Waals surface area contributed by atoms with E-state index in [1.807, 2.05) is 24.3 Å². The first-order chi connectivity index (χ1) is 10.6. The van der Waals surface area contributed by atoms with Crippen LogP contribution in [0, 0.1) is 5.82 Å². The summed E-state index contributed by atoms with van der Waals surface area (Å²) in [7, 11) is 1.43. The first-order valence-corrected chi connectivity index (χ1v) is 8.07. The summed E-state index contributed by atoms with van der Waals surface area (Å²) in [5, 5.41) is 3.40. The predicted molar refractivity (Wildman–Crippen MR) is 89.2 cm³/mol. The number of halogens is 2. The molecule has 0 fully saturated rings. The first kappa shape index (κ1) is 16.6. The summed E-state index contributed by atoms with van der Waals surface area (Å²) in [5.41, 5.74) is 1.56. The van der Waals surface area contributed by atoms with Crippen molar-refractivity contribution in [3.05, 3.63) is 58.9 Å². The third kappa shape index (κ3) is 4.93. The van der Waals surface area contributed by atoms with Gasteiger partial charge >= 0.3 is 0 Å². The molecule has 6 heteroatoms. The van der Waals surface area contributed by atoms with Crippen LogP contribution in [0.15, 0.2) is 42.5 Å². The van der Waals surface area contributed by atoms with E-state index in [2.05, 4.69) is 5.32 Å². The summed E-state index contributed by atoms with van der Waals surface area (Å²) >= 11 is 7.30. The lowest BCUT2D eigenvalue weighted by Gasteiger charge is -2.10. The van der Waals surface area contributed by atoms with Crippen LogP contribution in [0.25, 0.3) is 0 Å². The van der Waals surface area contributed by atoms with Gasteiger partial charge in [0.25, 0.3) is 0 Å². The minimum Gasteiger partial charge on any atom is -0.494 e. The van der Waals surface area contributed by atoms with Gasteiger partial charge in [0.1, 0.15) is 11.6 Å². The quantitative estimate of drug-likeness (QED) is 0.849. The molecule has 0 bridgehead atoms. The van der Waals surface area contributed by atoms with E-state index in [0.717, 1.165) is 5.56 Å². The van der Waals surface area contributed by atoms with Crippen LogP contribution in [-0.4, -0.2) is 18.8 Å². The molecule has 3 nitrogen and oxygen atoms in total. The fourth-order valence-corrected chi connectivity index (χ4v) is 2.71. The lowest BCUT2D eigenvalue weighted by atomic mass is 10.2. The zero-order valence-corrected chi connectivity index (χ0v) is 13.5. The van der Waals surface area contributed by atoms with Crippen LogP contribution < -0.4 is 10.1 Å². The van der Waals surface area contributed by atoms with Gasteiger partial charge in [-0.1, -0.05) is 23.7 Å². The van der Waals surface area contributed by atoms with Crippen LogP contribution in [0.4, 0.5) is 10.1 Å². The van der Waals surface area contributed by atoms with Gasteiger partial charge < -0.3 is 10.1 Å². The van der Waals surface area contributed by atoms with Crippen molar-refractivity contribution in [3.8, 4) is 5.75 Å². The average molecular weight is 340 g/mol. The number of hydrogen-bond acceptors (Lipinski definition) is 3. The van der Waals surface area contributed by atoms with E-state index in [9.17, 15) is 9.18 Å². The third-order valence-corrected chi connectivity index (χ3v) is 4.11. The van der Waals surface area contributed by atoms with Gasteiger partial charge in [-0.3, -0.25) is 4.79 Å². The summed E-state index contributed by atoms with van der Waals surface area (Å²) in [6.07, 6.45) is 0. The number of benzene rings is 2. The molecule has 22 heavy (non-hydrogen) atoms. The Balaban J connectivity index is 1.84. The Morgan fingerprint density at radius 3 is 2.68 bits per heavy atom. The number of ether oxygens (including phenoxy) is 1. The molecule has 2 rings (SSSR count). The Morgan fingerprint density at radius 2 is 2.00 bits per heavy atom. The molecule has 1 N–H and O–H groups in total. The Bertz CT molecular complexity index is 649. The molecular weight excluding hydrogens is 325 g/mol. The van der Waals surface area contributed by atoms with E-state index in [-0.39, 0.29) is 5.91 Å². The molecule has 0 aromatic heterocycles. The minimum atomic E-state index is -0.410. The highest BCUT2D eigenvalue weighted by Gasteiger charge is 2.08. The van der Waals surface area contributed by atoms with Gasteiger partial charge in [-0.15, -0.1) is 11.8 Å². The molecule has 0 spiro atoms. The SMILES string of the molecule is COc1cc(F)ccc1NC(=O)CSCc1ccc(Cl)cc1. The Labute approximate surface area is 137 Å². The second-order valence-corrected chi connectivity index (χ2v) is 5.93. The molecule has 0 radical (unpaired) electrons.